The predicted molar refractivity (Wildman–Crippen MR) is 461 cm³/mol. The van der Waals surface area contributed by atoms with Gasteiger partial charge in [-0.25, -0.2) is 0 Å². The standard InChI is InChI=1S/C66H62N2.C38H34/c1-43-31-33-61(45(3)35-43)67(53-25-17-21-49(39-53)47-19-15-23-51(37-47)65(5,6)7)63-41-59-56-28-12-14-30-58(56)64(42-60(59)55-27-11-13-29-57(55)63)68(62-34-32-44(2)36-46(62)4)54-26-18-22-50(40-54)48-20-16-24-52(38-48)66(8,9)10;1-2-3-4-6-13-28-20-22-31(23-21-28)37-33-16-9-11-18-35(33)38(36-19-12-10-17-34(36)37)32-26-24-30(25-27-32)29-14-7-5-8-15-29/h11-42H,1-10H3;5,7-12,14-27H,2-4,6,13H2,1H3. The highest BCUT2D eigenvalue weighted by atomic mass is 15.2. The monoisotopic (exact) mass is 1370 g/mol. The summed E-state index contributed by atoms with van der Waals surface area (Å²) in [6, 6.07) is 120. The van der Waals surface area contributed by atoms with Crippen LogP contribution in [0.25, 0.3) is 109 Å². The van der Waals surface area contributed by atoms with Crippen LogP contribution >= 0.6 is 0 Å². The van der Waals surface area contributed by atoms with Crippen molar-refractivity contribution in [2.75, 3.05) is 9.80 Å². The summed E-state index contributed by atoms with van der Waals surface area (Å²) in [5.74, 6) is 0. The topological polar surface area (TPSA) is 6.48 Å². The summed E-state index contributed by atoms with van der Waals surface area (Å²) < 4.78 is 0. The van der Waals surface area contributed by atoms with Crippen molar-refractivity contribution in [3.63, 3.8) is 0 Å². The Morgan fingerprint density at radius 3 is 1.00 bits per heavy atom. The van der Waals surface area contributed by atoms with E-state index < -0.39 is 0 Å². The summed E-state index contributed by atoms with van der Waals surface area (Å²) >= 11 is 0. The van der Waals surface area contributed by atoms with Crippen LogP contribution in [0, 0.1) is 27.7 Å². The molecule has 16 aromatic rings. The van der Waals surface area contributed by atoms with Gasteiger partial charge in [0, 0.05) is 33.5 Å². The molecule has 106 heavy (non-hydrogen) atoms. The molecule has 0 aromatic heterocycles. The molecule has 0 aliphatic carbocycles. The Labute approximate surface area is 629 Å². The Bertz CT molecular complexity index is 5590. The lowest BCUT2D eigenvalue weighted by Crippen LogP contribution is -2.13. The number of hydrogen-bond acceptors (Lipinski definition) is 2. The summed E-state index contributed by atoms with van der Waals surface area (Å²) in [5, 5.41) is 12.5. The smallest absolute Gasteiger partial charge is 0.0546 e. The number of anilines is 6. The molecule has 0 unspecified atom stereocenters. The largest absolute Gasteiger partial charge is 0.310 e. The van der Waals surface area contributed by atoms with E-state index in [1.54, 1.807) is 0 Å². The van der Waals surface area contributed by atoms with Crippen molar-refractivity contribution in [1.82, 2.24) is 0 Å². The van der Waals surface area contributed by atoms with Crippen molar-refractivity contribution in [3.05, 3.63) is 360 Å². The van der Waals surface area contributed by atoms with Crippen molar-refractivity contribution in [2.45, 2.75) is 119 Å². The van der Waals surface area contributed by atoms with Crippen molar-refractivity contribution < 1.29 is 0 Å². The van der Waals surface area contributed by atoms with Crippen LogP contribution in [-0.4, -0.2) is 0 Å². The molecule has 16 aromatic carbocycles. The van der Waals surface area contributed by atoms with Gasteiger partial charge in [-0.15, -0.1) is 0 Å². The fourth-order valence-electron chi connectivity index (χ4n) is 16.0. The normalized spacial score (nSPS) is 11.7. The maximum atomic E-state index is 2.50. The number of hydrogen-bond donors (Lipinski definition) is 0. The van der Waals surface area contributed by atoms with Crippen molar-refractivity contribution in [2.24, 2.45) is 0 Å². The molecule has 0 bridgehead atoms. The van der Waals surface area contributed by atoms with Gasteiger partial charge < -0.3 is 9.80 Å². The van der Waals surface area contributed by atoms with E-state index in [1.165, 1.54) is 181 Å². The first-order valence-electron chi connectivity index (χ1n) is 38.2. The van der Waals surface area contributed by atoms with Gasteiger partial charge in [0.15, 0.2) is 0 Å². The number of nitrogens with zero attached hydrogens (tertiary/aromatic N) is 2. The second kappa shape index (κ2) is 29.9. The van der Waals surface area contributed by atoms with E-state index in [1.807, 2.05) is 0 Å². The molecule has 0 aliphatic rings. The zero-order valence-corrected chi connectivity index (χ0v) is 63.5. The minimum absolute atomic E-state index is 0.0456. The van der Waals surface area contributed by atoms with E-state index >= 15 is 0 Å². The molecule has 522 valence electrons. The zero-order valence-electron chi connectivity index (χ0n) is 63.5. The van der Waals surface area contributed by atoms with Gasteiger partial charge in [0.25, 0.3) is 0 Å². The molecule has 0 N–H and O–H groups in total. The molecule has 0 atom stereocenters. The van der Waals surface area contributed by atoms with Gasteiger partial charge in [0.05, 0.1) is 11.4 Å². The average Bonchev–Trinajstić information content (AvgIpc) is 0.729. The fraction of sp³-hybridized carbons (Fsp3) is 0.173. The number of aryl methyl sites for hydroxylation is 5. The number of unbranched alkanes of at least 4 members (excludes halogenated alkanes) is 3. The van der Waals surface area contributed by atoms with Crippen LogP contribution in [-0.2, 0) is 17.3 Å². The predicted octanol–water partition coefficient (Wildman–Crippen LogP) is 30.4. The molecule has 2 heteroatoms. The van der Waals surface area contributed by atoms with Gasteiger partial charge in [-0.05, 0) is 226 Å². The molecule has 0 heterocycles. The molecule has 0 aliphatic heterocycles. The third kappa shape index (κ3) is 14.3. The first kappa shape index (κ1) is 70.1. The summed E-state index contributed by atoms with van der Waals surface area (Å²) in [5.41, 5.74) is 28.5. The number of benzene rings is 16. The molecular weight excluding hydrogens is 1280 g/mol. The molecule has 0 saturated heterocycles. The summed E-state index contributed by atoms with van der Waals surface area (Å²) in [4.78, 5) is 5.00. The molecular formula is C104H96N2. The van der Waals surface area contributed by atoms with Crippen molar-refractivity contribution >= 4 is 88.0 Å². The molecule has 0 saturated carbocycles. The van der Waals surface area contributed by atoms with Gasteiger partial charge in [-0.2, -0.15) is 0 Å². The quantitative estimate of drug-likeness (QED) is 0.0540. The van der Waals surface area contributed by atoms with E-state index in [4.69, 9.17) is 0 Å². The Morgan fingerprint density at radius 1 is 0.245 bits per heavy atom. The fourth-order valence-corrected chi connectivity index (χ4v) is 16.0. The van der Waals surface area contributed by atoms with Gasteiger partial charge in [-0.1, -0.05) is 352 Å². The Balaban J connectivity index is 0.000000199. The van der Waals surface area contributed by atoms with Crippen LogP contribution < -0.4 is 9.80 Å². The lowest BCUT2D eigenvalue weighted by atomic mass is 9.85. The lowest BCUT2D eigenvalue weighted by Gasteiger charge is -2.31. The lowest BCUT2D eigenvalue weighted by molar-refractivity contribution is 0.590. The van der Waals surface area contributed by atoms with E-state index in [-0.39, 0.29) is 10.8 Å². The van der Waals surface area contributed by atoms with E-state index in [0.29, 0.717) is 0 Å². The Morgan fingerprint density at radius 2 is 0.594 bits per heavy atom. The van der Waals surface area contributed by atoms with E-state index in [9.17, 15) is 0 Å². The highest BCUT2D eigenvalue weighted by molar-refractivity contribution is 6.25. The zero-order chi connectivity index (χ0) is 73.2. The van der Waals surface area contributed by atoms with Crippen LogP contribution in [0.1, 0.15) is 113 Å². The summed E-state index contributed by atoms with van der Waals surface area (Å²) in [6.45, 7) is 24.8. The molecule has 0 fully saturated rings. The highest BCUT2D eigenvalue weighted by Crippen LogP contribution is 2.51. The average molecular weight is 1370 g/mol. The minimum Gasteiger partial charge on any atom is -0.310 e. The highest BCUT2D eigenvalue weighted by Gasteiger charge is 2.26. The summed E-state index contributed by atoms with van der Waals surface area (Å²) in [6.07, 6.45) is 6.38. The minimum atomic E-state index is 0.0456. The van der Waals surface area contributed by atoms with Crippen LogP contribution in [0.15, 0.2) is 322 Å². The molecule has 0 spiro atoms. The third-order valence-corrected chi connectivity index (χ3v) is 21.6. The molecule has 2 nitrogen and oxygen atoms in total. The van der Waals surface area contributed by atoms with Crippen molar-refractivity contribution in [3.8, 4) is 55.6 Å². The second-order valence-corrected chi connectivity index (χ2v) is 31.3. The van der Waals surface area contributed by atoms with Gasteiger partial charge in [0.2, 0.25) is 0 Å². The molecule has 16 rings (SSSR count). The van der Waals surface area contributed by atoms with Gasteiger partial charge in [0.1, 0.15) is 0 Å². The van der Waals surface area contributed by atoms with Crippen molar-refractivity contribution in [1.29, 1.82) is 0 Å². The Hall–Kier alpha value is -11.6. The third-order valence-electron chi connectivity index (χ3n) is 21.6. The summed E-state index contributed by atoms with van der Waals surface area (Å²) in [7, 11) is 0. The maximum Gasteiger partial charge on any atom is 0.0546 e. The van der Waals surface area contributed by atoms with Gasteiger partial charge in [-0.3, -0.25) is 0 Å². The maximum absolute atomic E-state index is 2.50. The van der Waals surface area contributed by atoms with Crippen LogP contribution in [0.2, 0.25) is 0 Å². The molecule has 0 amide bonds. The number of rotatable bonds is 16. The van der Waals surface area contributed by atoms with Gasteiger partial charge >= 0.3 is 0 Å². The van der Waals surface area contributed by atoms with E-state index in [2.05, 4.69) is 407 Å². The van der Waals surface area contributed by atoms with E-state index in [0.717, 1.165) is 34.1 Å². The number of fused-ring (bicyclic) bond motifs is 7. The van der Waals surface area contributed by atoms with Crippen LogP contribution in [0.4, 0.5) is 34.1 Å². The second-order valence-electron chi connectivity index (χ2n) is 31.3. The molecule has 0 radical (unpaired) electrons. The first-order valence-corrected chi connectivity index (χ1v) is 38.2. The first-order chi connectivity index (χ1) is 51.4. The van der Waals surface area contributed by atoms with Crippen LogP contribution in [0.3, 0.4) is 0 Å². The SMILES string of the molecule is CCCCCCc1ccc(-c2c3ccccc3c(-c3ccc(-c4ccccc4)cc3)c3ccccc23)cc1.Cc1ccc(N(c2cccc(-c3cccc(C(C)(C)C)c3)c2)c2cc3c4ccccc4c(N(c4cccc(-c5cccc(C(C)(C)C)c5)c4)c4ccc(C)cc4C)cc3c3ccccc23)c(C)c1. The van der Waals surface area contributed by atoms with Crippen LogP contribution in [0.5, 0.6) is 0 Å². The Kier molecular flexibility index (Phi) is 19.8.